The van der Waals surface area contributed by atoms with Crippen molar-refractivity contribution in [1.82, 2.24) is 0 Å². The van der Waals surface area contributed by atoms with E-state index in [0.29, 0.717) is 10.7 Å². The number of hydrogen-bond acceptors (Lipinski definition) is 7. The molecule has 38 heavy (non-hydrogen) atoms. The fourth-order valence-electron chi connectivity index (χ4n) is 3.56. The first-order valence-electron chi connectivity index (χ1n) is 11.3. The Kier molecular flexibility index (Phi) is 7.70. The molecule has 3 aromatic carbocycles. The van der Waals surface area contributed by atoms with Crippen LogP contribution in [-0.2, 0) is 14.3 Å². The number of carbonyl (C=O) groups excluding carboxylic acids is 4. The second kappa shape index (κ2) is 11.0. The number of nitrogens with zero attached hydrogens (tertiary/aromatic N) is 1. The van der Waals surface area contributed by atoms with Crippen LogP contribution < -0.4 is 15.5 Å². The summed E-state index contributed by atoms with van der Waals surface area (Å²) in [5.41, 5.74) is 0.942. The fraction of sp³-hybridized carbons (Fsp3) is 0.111. The Hall–Kier alpha value is -4.34. The zero-order valence-electron chi connectivity index (χ0n) is 20.1. The standard InChI is InChI=1S/C27H21Cl2N3O6/c1-14(2)38-27(37)15-6-9-19(10-7-15)32-25(35)22(29)23(26(32)36)30-18-5-3-4-16(12-18)24(34)31-20-13-17(28)8-11-21(20)33/h3-14,30,33H,1-2H3,(H,31,34). The van der Waals surface area contributed by atoms with Gasteiger partial charge in [-0.25, -0.2) is 9.69 Å². The van der Waals surface area contributed by atoms with Crippen LogP contribution in [0.3, 0.4) is 0 Å². The van der Waals surface area contributed by atoms with Crippen molar-refractivity contribution in [3.8, 4) is 5.75 Å². The Morgan fingerprint density at radius 2 is 1.63 bits per heavy atom. The third kappa shape index (κ3) is 5.64. The zero-order valence-corrected chi connectivity index (χ0v) is 21.6. The lowest BCUT2D eigenvalue weighted by Crippen LogP contribution is -2.32. The molecule has 4 rings (SSSR count). The van der Waals surface area contributed by atoms with Gasteiger partial charge in [-0.2, -0.15) is 0 Å². The maximum absolute atomic E-state index is 13.1. The van der Waals surface area contributed by atoms with Crippen molar-refractivity contribution in [2.45, 2.75) is 20.0 Å². The lowest BCUT2D eigenvalue weighted by atomic mass is 10.1. The number of aromatic hydroxyl groups is 1. The number of halogens is 2. The minimum Gasteiger partial charge on any atom is -0.506 e. The molecule has 0 radical (unpaired) electrons. The summed E-state index contributed by atoms with van der Waals surface area (Å²) in [6.07, 6.45) is -0.297. The van der Waals surface area contributed by atoms with Gasteiger partial charge in [-0.3, -0.25) is 14.4 Å². The van der Waals surface area contributed by atoms with Crippen molar-refractivity contribution in [2.75, 3.05) is 15.5 Å². The highest BCUT2D eigenvalue weighted by Gasteiger charge is 2.39. The van der Waals surface area contributed by atoms with Crippen LogP contribution in [0.5, 0.6) is 5.75 Å². The molecule has 0 saturated heterocycles. The quantitative estimate of drug-likeness (QED) is 0.206. The summed E-state index contributed by atoms with van der Waals surface area (Å²) in [7, 11) is 0. The van der Waals surface area contributed by atoms with Crippen LogP contribution in [0.2, 0.25) is 5.02 Å². The second-order valence-corrected chi connectivity index (χ2v) is 9.27. The van der Waals surface area contributed by atoms with E-state index in [1.54, 1.807) is 26.0 Å². The molecule has 1 aliphatic rings. The van der Waals surface area contributed by atoms with E-state index in [-0.39, 0.29) is 45.1 Å². The molecule has 3 N–H and O–H groups in total. The van der Waals surface area contributed by atoms with Crippen molar-refractivity contribution < 1.29 is 29.0 Å². The zero-order chi connectivity index (χ0) is 27.6. The van der Waals surface area contributed by atoms with Gasteiger partial charge in [0, 0.05) is 16.3 Å². The molecule has 1 aliphatic heterocycles. The minimum absolute atomic E-state index is 0.127. The van der Waals surface area contributed by atoms with Crippen molar-refractivity contribution >= 4 is 64.0 Å². The molecule has 0 unspecified atom stereocenters. The van der Waals surface area contributed by atoms with Gasteiger partial charge in [0.05, 0.1) is 23.0 Å². The summed E-state index contributed by atoms with van der Waals surface area (Å²) >= 11 is 12.1. The Labute approximate surface area is 227 Å². The molecule has 3 aromatic rings. The summed E-state index contributed by atoms with van der Waals surface area (Å²) in [6.45, 7) is 3.45. The van der Waals surface area contributed by atoms with Crippen LogP contribution in [0.15, 0.2) is 77.5 Å². The highest BCUT2D eigenvalue weighted by atomic mass is 35.5. The van der Waals surface area contributed by atoms with Gasteiger partial charge in [0.2, 0.25) is 0 Å². The number of carbonyl (C=O) groups is 4. The summed E-state index contributed by atoms with van der Waals surface area (Å²) < 4.78 is 5.14. The number of phenols is 1. The van der Waals surface area contributed by atoms with Gasteiger partial charge < -0.3 is 20.5 Å². The molecule has 0 saturated carbocycles. The summed E-state index contributed by atoms with van der Waals surface area (Å²) in [4.78, 5) is 51.6. The number of imide groups is 1. The number of esters is 1. The highest BCUT2D eigenvalue weighted by molar-refractivity contribution is 6.53. The Balaban J connectivity index is 1.50. The molecule has 0 atom stereocenters. The van der Waals surface area contributed by atoms with Crippen LogP contribution in [0.1, 0.15) is 34.6 Å². The van der Waals surface area contributed by atoms with Gasteiger partial charge >= 0.3 is 5.97 Å². The molecule has 3 amide bonds. The van der Waals surface area contributed by atoms with Gasteiger partial charge in [0.15, 0.2) is 0 Å². The third-order valence-corrected chi connectivity index (χ3v) is 5.92. The number of ether oxygens (including phenoxy) is 1. The van der Waals surface area contributed by atoms with Crippen LogP contribution >= 0.6 is 23.2 Å². The van der Waals surface area contributed by atoms with Crippen molar-refractivity contribution in [3.05, 3.63) is 93.6 Å². The minimum atomic E-state index is -0.748. The van der Waals surface area contributed by atoms with E-state index in [1.165, 1.54) is 54.6 Å². The predicted molar refractivity (Wildman–Crippen MR) is 144 cm³/mol. The molecule has 0 aliphatic carbocycles. The van der Waals surface area contributed by atoms with Crippen molar-refractivity contribution in [3.63, 3.8) is 0 Å². The summed E-state index contributed by atoms with van der Waals surface area (Å²) in [5, 5.41) is 15.3. The maximum Gasteiger partial charge on any atom is 0.338 e. The average Bonchev–Trinajstić information content (AvgIpc) is 3.09. The molecular formula is C27H21Cl2N3O6. The number of rotatable bonds is 7. The first-order chi connectivity index (χ1) is 18.0. The lowest BCUT2D eigenvalue weighted by molar-refractivity contribution is -0.120. The molecule has 0 spiro atoms. The largest absolute Gasteiger partial charge is 0.506 e. The van der Waals surface area contributed by atoms with E-state index in [1.807, 2.05) is 0 Å². The van der Waals surface area contributed by atoms with E-state index in [4.69, 9.17) is 27.9 Å². The second-order valence-electron chi connectivity index (χ2n) is 8.46. The summed E-state index contributed by atoms with van der Waals surface area (Å²) in [5.74, 6) is -2.69. The van der Waals surface area contributed by atoms with E-state index < -0.39 is 23.7 Å². The molecule has 11 heteroatoms. The van der Waals surface area contributed by atoms with E-state index >= 15 is 0 Å². The number of anilines is 3. The maximum atomic E-state index is 13.1. The first-order valence-corrected chi connectivity index (χ1v) is 12.1. The monoisotopic (exact) mass is 553 g/mol. The van der Waals surface area contributed by atoms with Crippen molar-refractivity contribution in [2.24, 2.45) is 0 Å². The highest BCUT2D eigenvalue weighted by Crippen LogP contribution is 2.31. The van der Waals surface area contributed by atoms with Crippen LogP contribution in [0.4, 0.5) is 17.1 Å². The lowest BCUT2D eigenvalue weighted by Gasteiger charge is -2.16. The number of hydrogen-bond donors (Lipinski definition) is 3. The predicted octanol–water partition coefficient (Wildman–Crippen LogP) is 5.30. The molecule has 194 valence electrons. The van der Waals surface area contributed by atoms with E-state index in [9.17, 15) is 24.3 Å². The summed E-state index contributed by atoms with van der Waals surface area (Å²) in [6, 6.07) is 16.1. The van der Waals surface area contributed by atoms with Crippen molar-refractivity contribution in [1.29, 1.82) is 0 Å². The van der Waals surface area contributed by atoms with Gasteiger partial charge in [0.25, 0.3) is 17.7 Å². The van der Waals surface area contributed by atoms with Gasteiger partial charge in [-0.05, 0) is 74.5 Å². The van der Waals surface area contributed by atoms with E-state index in [0.717, 1.165) is 4.90 Å². The number of benzene rings is 3. The number of nitrogens with one attached hydrogen (secondary N) is 2. The first kappa shape index (κ1) is 26.7. The smallest absolute Gasteiger partial charge is 0.338 e. The molecule has 0 aromatic heterocycles. The molecule has 0 bridgehead atoms. The van der Waals surface area contributed by atoms with Crippen LogP contribution in [0.25, 0.3) is 0 Å². The molecular weight excluding hydrogens is 533 g/mol. The SMILES string of the molecule is CC(C)OC(=O)c1ccc(N2C(=O)C(Cl)=C(Nc3cccc(C(=O)Nc4cc(Cl)ccc4O)c3)C2=O)cc1. The molecule has 1 heterocycles. The number of phenolic OH excluding ortho intramolecular Hbond substituents is 1. The van der Waals surface area contributed by atoms with E-state index in [2.05, 4.69) is 10.6 Å². The van der Waals surface area contributed by atoms with Gasteiger partial charge in [0.1, 0.15) is 16.5 Å². The Bertz CT molecular complexity index is 1480. The number of amides is 3. The molecule has 9 nitrogen and oxygen atoms in total. The average molecular weight is 554 g/mol. The molecule has 0 fully saturated rings. The van der Waals surface area contributed by atoms with Crippen LogP contribution in [0, 0.1) is 0 Å². The topological polar surface area (TPSA) is 125 Å². The van der Waals surface area contributed by atoms with Crippen LogP contribution in [-0.4, -0.2) is 34.9 Å². The third-order valence-electron chi connectivity index (χ3n) is 5.33. The fourth-order valence-corrected chi connectivity index (χ4v) is 3.94. The normalized spacial score (nSPS) is 13.2. The Morgan fingerprint density at radius 1 is 0.921 bits per heavy atom. The van der Waals surface area contributed by atoms with Gasteiger partial charge in [-0.1, -0.05) is 29.3 Å². The van der Waals surface area contributed by atoms with Gasteiger partial charge in [-0.15, -0.1) is 0 Å². The Morgan fingerprint density at radius 3 is 2.32 bits per heavy atom.